The summed E-state index contributed by atoms with van der Waals surface area (Å²) in [7, 11) is 0. The highest BCUT2D eigenvalue weighted by molar-refractivity contribution is 5.34. The summed E-state index contributed by atoms with van der Waals surface area (Å²) in [5.41, 5.74) is 1.63. The minimum absolute atomic E-state index is 0.619. The van der Waals surface area contributed by atoms with E-state index in [1.807, 2.05) is 42.1 Å². The quantitative estimate of drug-likeness (QED) is 0.868. The molecule has 4 heteroatoms. The molecule has 1 aromatic heterocycles. The molecule has 1 N–H and O–H groups in total. The lowest BCUT2D eigenvalue weighted by Gasteiger charge is -2.10. The molecule has 1 unspecified atom stereocenters. The number of nitrogens with zero attached hydrogens (tertiary/aromatic N) is 2. The molecule has 0 saturated carbocycles. The zero-order chi connectivity index (χ0) is 13.7. The molecule has 2 rings (SSSR count). The van der Waals surface area contributed by atoms with Gasteiger partial charge in [-0.25, -0.2) is 0 Å². The van der Waals surface area contributed by atoms with Gasteiger partial charge < -0.3 is 9.84 Å². The normalized spacial score (nSPS) is 12.4. The molecule has 0 bridgehead atoms. The first-order valence-electron chi connectivity index (χ1n) is 6.67. The molecule has 0 aliphatic rings. The van der Waals surface area contributed by atoms with Crippen LogP contribution < -0.4 is 4.74 Å². The topological polar surface area (TPSA) is 47.3 Å². The summed E-state index contributed by atoms with van der Waals surface area (Å²) >= 11 is 0. The monoisotopic (exact) mass is 260 g/mol. The van der Waals surface area contributed by atoms with Gasteiger partial charge in [0.25, 0.3) is 0 Å². The minimum Gasteiger partial charge on any atom is -0.494 e. The van der Waals surface area contributed by atoms with Crippen LogP contribution >= 0.6 is 0 Å². The van der Waals surface area contributed by atoms with Crippen LogP contribution in [0.4, 0.5) is 0 Å². The van der Waals surface area contributed by atoms with Crippen molar-refractivity contribution in [2.45, 2.75) is 32.9 Å². The van der Waals surface area contributed by atoms with E-state index in [1.54, 1.807) is 6.20 Å². The molecule has 19 heavy (non-hydrogen) atoms. The molecule has 0 aliphatic carbocycles. The first kappa shape index (κ1) is 13.6. The van der Waals surface area contributed by atoms with Crippen molar-refractivity contribution in [2.75, 3.05) is 6.61 Å². The summed E-state index contributed by atoms with van der Waals surface area (Å²) in [6.45, 7) is 5.53. The molecular weight excluding hydrogens is 240 g/mol. The van der Waals surface area contributed by atoms with Crippen molar-refractivity contribution < 1.29 is 9.84 Å². The van der Waals surface area contributed by atoms with E-state index in [1.165, 1.54) is 0 Å². The maximum atomic E-state index is 10.4. The van der Waals surface area contributed by atoms with Crippen LogP contribution in [-0.2, 0) is 6.54 Å². The largest absolute Gasteiger partial charge is 0.494 e. The molecule has 0 spiro atoms. The van der Waals surface area contributed by atoms with Gasteiger partial charge in [-0.2, -0.15) is 5.10 Å². The smallest absolute Gasteiger partial charge is 0.119 e. The fourth-order valence-electron chi connectivity index (χ4n) is 2.01. The third kappa shape index (κ3) is 3.35. The highest BCUT2D eigenvalue weighted by atomic mass is 16.5. The van der Waals surface area contributed by atoms with Gasteiger partial charge in [0.1, 0.15) is 11.9 Å². The van der Waals surface area contributed by atoms with Crippen molar-refractivity contribution in [3.63, 3.8) is 0 Å². The molecule has 0 amide bonds. The summed E-state index contributed by atoms with van der Waals surface area (Å²) in [4.78, 5) is 0. The van der Waals surface area contributed by atoms with E-state index in [2.05, 4.69) is 12.0 Å². The van der Waals surface area contributed by atoms with Crippen molar-refractivity contribution in [1.82, 2.24) is 9.78 Å². The van der Waals surface area contributed by atoms with E-state index >= 15 is 0 Å². The lowest BCUT2D eigenvalue weighted by atomic mass is 10.0. The average molecular weight is 260 g/mol. The van der Waals surface area contributed by atoms with Crippen molar-refractivity contribution >= 4 is 0 Å². The maximum Gasteiger partial charge on any atom is 0.119 e. The summed E-state index contributed by atoms with van der Waals surface area (Å²) in [5.74, 6) is 0.778. The Labute approximate surface area is 113 Å². The van der Waals surface area contributed by atoms with Gasteiger partial charge in [-0.05, 0) is 31.0 Å². The van der Waals surface area contributed by atoms with Gasteiger partial charge in [0.05, 0.1) is 12.8 Å². The third-order valence-corrected chi connectivity index (χ3v) is 2.91. The van der Waals surface area contributed by atoms with Crippen molar-refractivity contribution in [2.24, 2.45) is 0 Å². The molecule has 4 nitrogen and oxygen atoms in total. The Bertz CT molecular complexity index is 522. The zero-order valence-corrected chi connectivity index (χ0v) is 11.4. The minimum atomic E-state index is -0.661. The summed E-state index contributed by atoms with van der Waals surface area (Å²) in [6.07, 6.45) is 3.97. The zero-order valence-electron chi connectivity index (χ0n) is 11.4. The van der Waals surface area contributed by atoms with Crippen molar-refractivity contribution in [1.29, 1.82) is 0 Å². The molecule has 0 radical (unpaired) electrons. The number of aromatic nitrogens is 2. The van der Waals surface area contributed by atoms with Crippen LogP contribution in [0, 0.1) is 0 Å². The lowest BCUT2D eigenvalue weighted by molar-refractivity contribution is 0.219. The Morgan fingerprint density at radius 3 is 2.89 bits per heavy atom. The number of hydrogen-bond acceptors (Lipinski definition) is 3. The van der Waals surface area contributed by atoms with E-state index in [0.717, 1.165) is 29.8 Å². The van der Waals surface area contributed by atoms with Gasteiger partial charge in [0.15, 0.2) is 0 Å². The second kappa shape index (κ2) is 6.38. The van der Waals surface area contributed by atoms with Crippen LogP contribution in [0.25, 0.3) is 0 Å². The predicted molar refractivity (Wildman–Crippen MR) is 74.2 cm³/mol. The highest BCUT2D eigenvalue weighted by Crippen LogP contribution is 2.24. The van der Waals surface area contributed by atoms with Gasteiger partial charge in [0.2, 0.25) is 0 Å². The lowest BCUT2D eigenvalue weighted by Crippen LogP contribution is -2.00. The van der Waals surface area contributed by atoms with Gasteiger partial charge >= 0.3 is 0 Å². The van der Waals surface area contributed by atoms with Crippen LogP contribution in [0.1, 0.15) is 37.5 Å². The second-order valence-electron chi connectivity index (χ2n) is 4.44. The SMILES string of the molecule is CCCn1cc(C(O)c2cccc(OCC)c2)cn1. The molecular formula is C15H20N2O2. The molecule has 1 atom stereocenters. The Morgan fingerprint density at radius 1 is 1.32 bits per heavy atom. The number of aryl methyl sites for hydroxylation is 1. The first-order valence-corrected chi connectivity index (χ1v) is 6.67. The summed E-state index contributed by atoms with van der Waals surface area (Å²) in [5, 5.41) is 14.6. The first-order chi connectivity index (χ1) is 9.24. The Balaban J connectivity index is 2.17. The van der Waals surface area contributed by atoms with E-state index in [4.69, 9.17) is 4.74 Å². The van der Waals surface area contributed by atoms with E-state index < -0.39 is 6.10 Å². The average Bonchev–Trinajstić information content (AvgIpc) is 2.88. The number of rotatable bonds is 6. The Morgan fingerprint density at radius 2 is 2.16 bits per heavy atom. The van der Waals surface area contributed by atoms with Gasteiger partial charge in [-0.15, -0.1) is 0 Å². The fourth-order valence-corrected chi connectivity index (χ4v) is 2.01. The summed E-state index contributed by atoms with van der Waals surface area (Å²) in [6, 6.07) is 7.54. The number of hydrogen-bond donors (Lipinski definition) is 1. The molecule has 1 aromatic carbocycles. The highest BCUT2D eigenvalue weighted by Gasteiger charge is 2.13. The number of aliphatic hydroxyl groups is 1. The molecule has 102 valence electrons. The fraction of sp³-hybridized carbons (Fsp3) is 0.400. The van der Waals surface area contributed by atoms with Crippen LogP contribution in [0.15, 0.2) is 36.7 Å². The van der Waals surface area contributed by atoms with Crippen molar-refractivity contribution in [3.8, 4) is 5.75 Å². The van der Waals surface area contributed by atoms with Crippen LogP contribution in [-0.4, -0.2) is 21.5 Å². The molecule has 0 aliphatic heterocycles. The molecule has 0 fully saturated rings. The third-order valence-electron chi connectivity index (χ3n) is 2.91. The van der Waals surface area contributed by atoms with Crippen molar-refractivity contribution in [3.05, 3.63) is 47.8 Å². The van der Waals surface area contributed by atoms with E-state index in [0.29, 0.717) is 6.61 Å². The standard InChI is InChI=1S/C15H20N2O2/c1-3-8-17-11-13(10-16-17)15(18)12-6-5-7-14(9-12)19-4-2/h5-7,9-11,15,18H,3-4,8H2,1-2H3. The molecule has 1 heterocycles. The van der Waals surface area contributed by atoms with Crippen LogP contribution in [0.3, 0.4) is 0 Å². The molecule has 2 aromatic rings. The molecule has 0 saturated heterocycles. The number of ether oxygens (including phenoxy) is 1. The van der Waals surface area contributed by atoms with Crippen LogP contribution in [0.2, 0.25) is 0 Å². The van der Waals surface area contributed by atoms with Gasteiger partial charge in [0, 0.05) is 18.3 Å². The Hall–Kier alpha value is -1.81. The van der Waals surface area contributed by atoms with Crippen LogP contribution in [0.5, 0.6) is 5.75 Å². The van der Waals surface area contributed by atoms with Gasteiger partial charge in [-0.1, -0.05) is 19.1 Å². The van der Waals surface area contributed by atoms with Gasteiger partial charge in [-0.3, -0.25) is 4.68 Å². The van der Waals surface area contributed by atoms with E-state index in [9.17, 15) is 5.11 Å². The van der Waals surface area contributed by atoms with E-state index in [-0.39, 0.29) is 0 Å². The summed E-state index contributed by atoms with van der Waals surface area (Å²) < 4.78 is 7.30. The number of aliphatic hydroxyl groups excluding tert-OH is 1. The Kier molecular flexibility index (Phi) is 4.58. The second-order valence-corrected chi connectivity index (χ2v) is 4.44. The maximum absolute atomic E-state index is 10.4. The number of benzene rings is 1. The predicted octanol–water partition coefficient (Wildman–Crippen LogP) is 2.77.